The molecule has 38 heavy (non-hydrogen) atoms. The van der Waals surface area contributed by atoms with Crippen molar-refractivity contribution in [2.75, 3.05) is 38.7 Å². The molecule has 0 radical (unpaired) electrons. The third kappa shape index (κ3) is 4.96. The van der Waals surface area contributed by atoms with E-state index in [0.717, 1.165) is 32.2 Å². The van der Waals surface area contributed by atoms with Crippen molar-refractivity contribution in [2.45, 2.75) is 25.7 Å². The molecule has 9 nitrogen and oxygen atoms in total. The Labute approximate surface area is 220 Å². The van der Waals surface area contributed by atoms with Crippen LogP contribution in [0, 0.1) is 17.7 Å². The fraction of sp³-hybridized carbons (Fsp3) is 0.393. The van der Waals surface area contributed by atoms with E-state index in [1.807, 2.05) is 13.0 Å². The van der Waals surface area contributed by atoms with E-state index >= 15 is 0 Å². The molecule has 2 aliphatic rings. The van der Waals surface area contributed by atoms with Crippen LogP contribution in [0.1, 0.15) is 41.7 Å². The smallest absolute Gasteiger partial charge is 0.255 e. The number of nitrogens with one attached hydrogen (secondary N) is 4. The molecule has 3 atom stereocenters. The summed E-state index contributed by atoms with van der Waals surface area (Å²) in [4.78, 5) is 32.6. The van der Waals surface area contributed by atoms with Crippen LogP contribution in [0.15, 0.2) is 36.7 Å². The highest BCUT2D eigenvalue weighted by Gasteiger charge is 2.36. The quantitative estimate of drug-likeness (QED) is 0.314. The highest BCUT2D eigenvalue weighted by atomic mass is 19.1. The van der Waals surface area contributed by atoms with Gasteiger partial charge in [0.2, 0.25) is 0 Å². The number of methoxy groups -OCH3 is 1. The van der Waals surface area contributed by atoms with E-state index in [-0.39, 0.29) is 23.5 Å². The standard InChI is InChI=1S/C28H32FN5O4/c1-16(14-35)19-12-32-28(36)23-24(19)34-25(26(23)33-21-7-3-6-20(29)27(21)37-2)18-8-10-31-13-22(18)38-15-17-5-4-9-30-11-17/h3,6-8,10,13-14,16-17,19,30,33-34H,4-5,9,11-12,15H2,1-2H3,(H,32,36). The Morgan fingerprint density at radius 1 is 1.29 bits per heavy atom. The molecular formula is C28H32FN5O4. The number of amides is 1. The summed E-state index contributed by atoms with van der Waals surface area (Å²) in [5.41, 5.74) is 3.09. The number of para-hydroxylation sites is 1. The van der Waals surface area contributed by atoms with Gasteiger partial charge in [-0.2, -0.15) is 0 Å². The Kier molecular flexibility index (Phi) is 7.59. The van der Waals surface area contributed by atoms with Gasteiger partial charge < -0.3 is 35.2 Å². The molecule has 0 aliphatic carbocycles. The molecule has 1 saturated heterocycles. The molecule has 0 bridgehead atoms. The molecule has 1 aromatic carbocycles. The summed E-state index contributed by atoms with van der Waals surface area (Å²) < 4.78 is 26.1. The Balaban J connectivity index is 1.62. The third-order valence-electron chi connectivity index (χ3n) is 7.32. The maximum Gasteiger partial charge on any atom is 0.255 e. The summed E-state index contributed by atoms with van der Waals surface area (Å²) in [5, 5.41) is 9.55. The van der Waals surface area contributed by atoms with Gasteiger partial charge in [0, 0.05) is 48.3 Å². The summed E-state index contributed by atoms with van der Waals surface area (Å²) in [6.07, 6.45) is 6.38. The number of benzene rings is 1. The summed E-state index contributed by atoms with van der Waals surface area (Å²) >= 11 is 0. The lowest BCUT2D eigenvalue weighted by molar-refractivity contribution is -0.111. The van der Waals surface area contributed by atoms with E-state index in [2.05, 4.69) is 25.9 Å². The van der Waals surface area contributed by atoms with Crippen LogP contribution in [0.25, 0.3) is 11.3 Å². The summed E-state index contributed by atoms with van der Waals surface area (Å²) in [5.74, 6) is -0.460. The fourth-order valence-corrected chi connectivity index (χ4v) is 5.22. The van der Waals surface area contributed by atoms with Gasteiger partial charge in [0.15, 0.2) is 11.6 Å². The largest absolute Gasteiger partial charge is 0.492 e. The predicted molar refractivity (Wildman–Crippen MR) is 142 cm³/mol. The number of hydrogen-bond donors (Lipinski definition) is 4. The summed E-state index contributed by atoms with van der Waals surface area (Å²) in [6, 6.07) is 6.36. The lowest BCUT2D eigenvalue weighted by atomic mass is 9.87. The molecule has 4 heterocycles. The Morgan fingerprint density at radius 3 is 2.92 bits per heavy atom. The van der Waals surface area contributed by atoms with Gasteiger partial charge in [-0.15, -0.1) is 0 Å². The topological polar surface area (TPSA) is 117 Å². The van der Waals surface area contributed by atoms with E-state index in [1.54, 1.807) is 24.5 Å². The van der Waals surface area contributed by atoms with Crippen molar-refractivity contribution in [1.82, 2.24) is 20.6 Å². The number of nitrogens with zero attached hydrogens (tertiary/aromatic N) is 1. The number of pyridine rings is 1. The number of anilines is 2. The van der Waals surface area contributed by atoms with Crippen LogP contribution >= 0.6 is 0 Å². The first-order valence-electron chi connectivity index (χ1n) is 12.9. The van der Waals surface area contributed by atoms with Crippen LogP contribution in [0.4, 0.5) is 15.8 Å². The number of fused-ring (bicyclic) bond motifs is 1. The van der Waals surface area contributed by atoms with E-state index in [1.165, 1.54) is 13.2 Å². The Hall–Kier alpha value is -3.92. The van der Waals surface area contributed by atoms with Crippen LogP contribution in [0.2, 0.25) is 0 Å². The molecule has 0 spiro atoms. The molecule has 2 aromatic heterocycles. The molecular weight excluding hydrogens is 489 g/mol. The zero-order valence-electron chi connectivity index (χ0n) is 21.5. The number of aldehydes is 1. The van der Waals surface area contributed by atoms with E-state index < -0.39 is 5.82 Å². The zero-order chi connectivity index (χ0) is 26.6. The number of hydrogen-bond acceptors (Lipinski definition) is 7. The highest BCUT2D eigenvalue weighted by Crippen LogP contribution is 2.44. The maximum absolute atomic E-state index is 14.5. The first-order valence-corrected chi connectivity index (χ1v) is 12.9. The van der Waals surface area contributed by atoms with Crippen molar-refractivity contribution in [3.8, 4) is 22.8 Å². The molecule has 5 rings (SSSR count). The molecule has 10 heteroatoms. The van der Waals surface area contributed by atoms with Crippen LogP contribution in [-0.2, 0) is 4.79 Å². The maximum atomic E-state index is 14.5. The number of ether oxygens (including phenoxy) is 2. The first kappa shape index (κ1) is 25.7. The zero-order valence-corrected chi connectivity index (χ0v) is 21.5. The molecule has 3 unspecified atom stereocenters. The summed E-state index contributed by atoms with van der Waals surface area (Å²) in [6.45, 7) is 4.58. The molecule has 1 fully saturated rings. The van der Waals surface area contributed by atoms with Gasteiger partial charge in [-0.25, -0.2) is 4.39 Å². The predicted octanol–water partition coefficient (Wildman–Crippen LogP) is 4.01. The minimum absolute atomic E-state index is 0.0263. The van der Waals surface area contributed by atoms with Crippen LogP contribution < -0.4 is 25.4 Å². The molecule has 200 valence electrons. The van der Waals surface area contributed by atoms with Gasteiger partial charge in [-0.1, -0.05) is 13.0 Å². The van der Waals surface area contributed by atoms with Crippen LogP contribution in [-0.4, -0.2) is 55.5 Å². The normalized spacial score (nSPS) is 19.7. The van der Waals surface area contributed by atoms with Crippen molar-refractivity contribution in [2.24, 2.45) is 11.8 Å². The van der Waals surface area contributed by atoms with E-state index in [9.17, 15) is 14.0 Å². The van der Waals surface area contributed by atoms with Gasteiger partial charge in [-0.3, -0.25) is 9.78 Å². The fourth-order valence-electron chi connectivity index (χ4n) is 5.22. The Morgan fingerprint density at radius 2 is 2.16 bits per heavy atom. The Bertz CT molecular complexity index is 1320. The molecule has 3 aromatic rings. The average molecular weight is 522 g/mol. The van der Waals surface area contributed by atoms with E-state index in [0.29, 0.717) is 58.7 Å². The lowest BCUT2D eigenvalue weighted by Crippen LogP contribution is -2.37. The van der Waals surface area contributed by atoms with Crippen molar-refractivity contribution < 1.29 is 23.5 Å². The van der Waals surface area contributed by atoms with Gasteiger partial charge >= 0.3 is 0 Å². The monoisotopic (exact) mass is 521 g/mol. The number of carbonyl (C=O) groups is 2. The first-order chi connectivity index (χ1) is 18.5. The lowest BCUT2D eigenvalue weighted by Gasteiger charge is -2.26. The number of aromatic amines is 1. The number of rotatable bonds is 9. The minimum Gasteiger partial charge on any atom is -0.492 e. The second kappa shape index (κ2) is 11.2. The number of carbonyl (C=O) groups excluding carboxylic acids is 2. The van der Waals surface area contributed by atoms with Crippen molar-refractivity contribution in [3.63, 3.8) is 0 Å². The van der Waals surface area contributed by atoms with Crippen LogP contribution in [0.3, 0.4) is 0 Å². The number of piperidine rings is 1. The number of H-pyrrole nitrogens is 1. The second-order valence-corrected chi connectivity index (χ2v) is 9.82. The van der Waals surface area contributed by atoms with Gasteiger partial charge in [0.25, 0.3) is 5.91 Å². The second-order valence-electron chi connectivity index (χ2n) is 9.82. The number of aromatic nitrogens is 2. The molecule has 2 aliphatic heterocycles. The van der Waals surface area contributed by atoms with Gasteiger partial charge in [0.1, 0.15) is 12.0 Å². The van der Waals surface area contributed by atoms with Gasteiger partial charge in [0.05, 0.1) is 42.5 Å². The van der Waals surface area contributed by atoms with E-state index in [4.69, 9.17) is 9.47 Å². The van der Waals surface area contributed by atoms with Crippen molar-refractivity contribution >= 4 is 23.6 Å². The van der Waals surface area contributed by atoms with Crippen molar-refractivity contribution in [3.05, 3.63) is 53.7 Å². The molecule has 4 N–H and O–H groups in total. The number of halogens is 1. The van der Waals surface area contributed by atoms with Crippen LogP contribution in [0.5, 0.6) is 11.5 Å². The van der Waals surface area contributed by atoms with Gasteiger partial charge in [-0.05, 0) is 37.6 Å². The van der Waals surface area contributed by atoms with Crippen molar-refractivity contribution in [1.29, 1.82) is 0 Å². The summed E-state index contributed by atoms with van der Waals surface area (Å²) in [7, 11) is 1.39. The SMILES string of the molecule is COc1c(F)cccc1Nc1c(-c2ccncc2OCC2CCCNC2)[nH]c2c1C(=O)NCC2C(C)C=O. The minimum atomic E-state index is -0.533. The molecule has 1 amide bonds. The highest BCUT2D eigenvalue weighted by molar-refractivity contribution is 6.07. The average Bonchev–Trinajstić information content (AvgIpc) is 3.32. The molecule has 0 saturated carbocycles. The third-order valence-corrected chi connectivity index (χ3v) is 7.32.